The van der Waals surface area contributed by atoms with Crippen LogP contribution in [0.5, 0.6) is 17.2 Å². The molecule has 0 saturated carbocycles. The molecule has 0 aromatic heterocycles. The second-order valence-electron chi connectivity index (χ2n) is 6.87. The van der Waals surface area contributed by atoms with Crippen LogP contribution < -0.4 is 14.8 Å². The lowest BCUT2D eigenvalue weighted by Gasteiger charge is -2.12. The Morgan fingerprint density at radius 1 is 1.21 bits per heavy atom. The minimum absolute atomic E-state index is 0.0250. The summed E-state index contributed by atoms with van der Waals surface area (Å²) in [5.41, 5.74) is 0.0724. The highest BCUT2D eigenvalue weighted by atomic mass is 19.1. The van der Waals surface area contributed by atoms with Crippen molar-refractivity contribution < 1.29 is 28.7 Å². The number of aromatic hydroxyl groups is 1. The Morgan fingerprint density at radius 3 is 2.62 bits per heavy atom. The number of nitriles is 1. The summed E-state index contributed by atoms with van der Waals surface area (Å²) in [7, 11) is 1.41. The topological polar surface area (TPSA) is 135 Å². The Balaban J connectivity index is 1.77. The lowest BCUT2D eigenvalue weighted by molar-refractivity contribution is -0.384. The number of halogens is 1. The minimum atomic E-state index is -0.828. The van der Waals surface area contributed by atoms with Gasteiger partial charge in [-0.1, -0.05) is 24.3 Å². The van der Waals surface area contributed by atoms with Crippen LogP contribution in [0.2, 0.25) is 0 Å². The molecule has 3 rings (SSSR count). The number of phenols is 1. The first kappa shape index (κ1) is 23.7. The summed E-state index contributed by atoms with van der Waals surface area (Å²) in [4.78, 5) is 22.6. The van der Waals surface area contributed by atoms with Gasteiger partial charge in [0.2, 0.25) is 0 Å². The number of nitrogens with zero attached hydrogens (tertiary/aromatic N) is 2. The molecule has 1 amide bonds. The van der Waals surface area contributed by atoms with E-state index in [1.165, 1.54) is 25.3 Å². The molecule has 0 bridgehead atoms. The van der Waals surface area contributed by atoms with Gasteiger partial charge < -0.3 is 19.9 Å². The quantitative estimate of drug-likeness (QED) is 0.164. The fourth-order valence-electron chi connectivity index (χ4n) is 2.91. The normalized spacial score (nSPS) is 10.8. The summed E-state index contributed by atoms with van der Waals surface area (Å²) in [6.07, 6.45) is 1.29. The lowest BCUT2D eigenvalue weighted by Crippen LogP contribution is -2.13. The van der Waals surface area contributed by atoms with Crippen LogP contribution in [0, 0.1) is 27.3 Å². The highest BCUT2D eigenvalue weighted by molar-refractivity contribution is 6.10. The standard InChI is InChI=1S/C24H18FN3O6/c1-33-23-11-15(6-9-22(23)34-14-16-4-2-3-5-19(16)25)10-17(13-26)24(30)27-20-8-7-18(28(31)32)12-21(20)29/h2-12,29H,14H2,1H3,(H,27,30)/b17-10+. The predicted molar refractivity (Wildman–Crippen MR) is 121 cm³/mol. The smallest absolute Gasteiger partial charge is 0.273 e. The number of phenolic OH excluding ortho intramolecular Hbond substituents is 1. The van der Waals surface area contributed by atoms with Gasteiger partial charge in [-0.15, -0.1) is 0 Å². The van der Waals surface area contributed by atoms with Crippen LogP contribution in [-0.2, 0) is 11.4 Å². The van der Waals surface area contributed by atoms with E-state index in [2.05, 4.69) is 5.32 Å². The first-order chi connectivity index (χ1) is 16.3. The van der Waals surface area contributed by atoms with Crippen molar-refractivity contribution >= 4 is 23.4 Å². The number of methoxy groups -OCH3 is 1. The molecular weight excluding hydrogens is 445 g/mol. The molecule has 0 aliphatic heterocycles. The van der Waals surface area contributed by atoms with Gasteiger partial charge in [0.1, 0.15) is 29.8 Å². The maximum absolute atomic E-state index is 13.8. The Morgan fingerprint density at radius 2 is 1.97 bits per heavy atom. The number of benzene rings is 3. The van der Waals surface area contributed by atoms with Gasteiger partial charge >= 0.3 is 0 Å². The maximum atomic E-state index is 13.8. The van der Waals surface area contributed by atoms with E-state index >= 15 is 0 Å². The molecule has 0 aliphatic carbocycles. The van der Waals surface area contributed by atoms with Gasteiger partial charge in [-0.2, -0.15) is 5.26 Å². The molecule has 0 radical (unpaired) electrons. The number of anilines is 1. The van der Waals surface area contributed by atoms with E-state index < -0.39 is 22.4 Å². The minimum Gasteiger partial charge on any atom is -0.506 e. The Labute approximate surface area is 193 Å². The van der Waals surface area contributed by atoms with Gasteiger partial charge in [0, 0.05) is 11.6 Å². The summed E-state index contributed by atoms with van der Waals surface area (Å²) < 4.78 is 24.7. The third-order valence-corrected chi connectivity index (χ3v) is 4.65. The Hall–Kier alpha value is -4.91. The zero-order chi connectivity index (χ0) is 24.7. The van der Waals surface area contributed by atoms with Crippen LogP contribution >= 0.6 is 0 Å². The van der Waals surface area contributed by atoms with E-state index in [1.54, 1.807) is 36.4 Å². The number of non-ortho nitro benzene ring substituents is 1. The Bertz CT molecular complexity index is 1320. The van der Waals surface area contributed by atoms with Gasteiger partial charge in [-0.05, 0) is 35.9 Å². The van der Waals surface area contributed by atoms with E-state index in [1.807, 2.05) is 0 Å². The number of rotatable bonds is 8. The maximum Gasteiger partial charge on any atom is 0.273 e. The first-order valence-corrected chi connectivity index (χ1v) is 9.77. The first-order valence-electron chi connectivity index (χ1n) is 9.77. The number of carbonyl (C=O) groups excluding carboxylic acids is 1. The highest BCUT2D eigenvalue weighted by Crippen LogP contribution is 2.31. The number of carbonyl (C=O) groups is 1. The number of amides is 1. The molecule has 0 fully saturated rings. The van der Waals surface area contributed by atoms with E-state index in [-0.39, 0.29) is 23.6 Å². The van der Waals surface area contributed by atoms with Crippen LogP contribution in [0.15, 0.2) is 66.2 Å². The van der Waals surface area contributed by atoms with Crippen LogP contribution in [0.4, 0.5) is 15.8 Å². The second-order valence-corrected chi connectivity index (χ2v) is 6.87. The van der Waals surface area contributed by atoms with Crippen LogP contribution in [-0.4, -0.2) is 23.0 Å². The molecule has 0 aliphatic rings. The summed E-state index contributed by atoms with van der Waals surface area (Å²) >= 11 is 0. The molecule has 3 aromatic rings. The van der Waals surface area contributed by atoms with Crippen LogP contribution in [0.3, 0.4) is 0 Å². The third-order valence-electron chi connectivity index (χ3n) is 4.65. The number of nitro benzene ring substituents is 1. The van der Waals surface area contributed by atoms with Crippen molar-refractivity contribution in [1.29, 1.82) is 5.26 Å². The fraction of sp³-hybridized carbons (Fsp3) is 0.0833. The molecule has 10 heteroatoms. The van der Waals surface area contributed by atoms with E-state index in [0.29, 0.717) is 22.6 Å². The van der Waals surface area contributed by atoms with E-state index in [0.717, 1.165) is 18.2 Å². The van der Waals surface area contributed by atoms with Gasteiger partial charge in [-0.3, -0.25) is 14.9 Å². The molecule has 0 saturated heterocycles. The average Bonchev–Trinajstić information content (AvgIpc) is 2.83. The van der Waals surface area contributed by atoms with Crippen LogP contribution in [0.1, 0.15) is 11.1 Å². The molecule has 0 atom stereocenters. The molecule has 9 nitrogen and oxygen atoms in total. The van der Waals surface area contributed by atoms with Crippen molar-refractivity contribution in [3.63, 3.8) is 0 Å². The molecule has 172 valence electrons. The van der Waals surface area contributed by atoms with Gasteiger partial charge in [-0.25, -0.2) is 4.39 Å². The molecular formula is C24H18FN3O6. The highest BCUT2D eigenvalue weighted by Gasteiger charge is 2.15. The Kier molecular flexibility index (Phi) is 7.41. The van der Waals surface area contributed by atoms with Gasteiger partial charge in [0.15, 0.2) is 11.5 Å². The zero-order valence-electron chi connectivity index (χ0n) is 17.8. The van der Waals surface area contributed by atoms with Crippen molar-refractivity contribution in [1.82, 2.24) is 0 Å². The SMILES string of the molecule is COc1cc(/C=C(\C#N)C(=O)Nc2ccc([N+](=O)[O-])cc2O)ccc1OCc1ccccc1F. The number of nitro groups is 1. The molecule has 34 heavy (non-hydrogen) atoms. The molecule has 0 heterocycles. The second kappa shape index (κ2) is 10.6. The van der Waals surface area contributed by atoms with E-state index in [9.17, 15) is 29.7 Å². The number of hydrogen-bond acceptors (Lipinski definition) is 7. The van der Waals surface area contributed by atoms with Crippen molar-refractivity contribution in [3.05, 3.63) is 93.3 Å². The van der Waals surface area contributed by atoms with E-state index in [4.69, 9.17) is 9.47 Å². The summed E-state index contributed by atoms with van der Waals surface area (Å²) in [5, 5.41) is 32.4. The lowest BCUT2D eigenvalue weighted by atomic mass is 10.1. The average molecular weight is 463 g/mol. The summed E-state index contributed by atoms with van der Waals surface area (Å²) in [6.45, 7) is -0.0250. The molecule has 3 aromatic carbocycles. The zero-order valence-corrected chi connectivity index (χ0v) is 17.8. The monoisotopic (exact) mass is 463 g/mol. The number of hydrogen-bond donors (Lipinski definition) is 2. The largest absolute Gasteiger partial charge is 0.506 e. The van der Waals surface area contributed by atoms with Crippen molar-refractivity contribution in [2.24, 2.45) is 0 Å². The van der Waals surface area contributed by atoms with Crippen molar-refractivity contribution in [2.45, 2.75) is 6.61 Å². The summed E-state index contributed by atoms with van der Waals surface area (Å²) in [5.74, 6) is -1.11. The number of nitrogens with one attached hydrogen (secondary N) is 1. The van der Waals surface area contributed by atoms with Gasteiger partial charge in [0.25, 0.3) is 11.6 Å². The predicted octanol–water partition coefficient (Wildman–Crippen LogP) is 4.57. The van der Waals surface area contributed by atoms with Crippen molar-refractivity contribution in [2.75, 3.05) is 12.4 Å². The van der Waals surface area contributed by atoms with Crippen LogP contribution in [0.25, 0.3) is 6.08 Å². The number of ether oxygens (including phenoxy) is 2. The summed E-state index contributed by atoms with van der Waals surface area (Å²) in [6, 6.07) is 15.8. The third kappa shape index (κ3) is 5.66. The molecule has 0 spiro atoms. The van der Waals surface area contributed by atoms with Gasteiger partial charge in [0.05, 0.1) is 23.8 Å². The molecule has 0 unspecified atom stereocenters. The van der Waals surface area contributed by atoms with Crippen molar-refractivity contribution in [3.8, 4) is 23.3 Å². The molecule has 2 N–H and O–H groups in total. The fourth-order valence-corrected chi connectivity index (χ4v) is 2.91.